The summed E-state index contributed by atoms with van der Waals surface area (Å²) >= 11 is 3.30. The lowest BCUT2D eigenvalue weighted by Crippen LogP contribution is -2.00. The average molecular weight is 259 g/mol. The highest BCUT2D eigenvalue weighted by molar-refractivity contribution is 9.10. The highest BCUT2D eigenvalue weighted by Crippen LogP contribution is 2.18. The molecule has 4 heteroatoms. The standard InChI is InChI=1S/C10H11BrO3/c11-9-3-1-8(6-12)7(5-9)2-4-10(13)14/h1,3,5,12H,2,4,6H2,(H,13,14). The molecule has 0 spiro atoms. The maximum absolute atomic E-state index is 10.4. The van der Waals surface area contributed by atoms with Crippen molar-refractivity contribution in [3.8, 4) is 0 Å². The van der Waals surface area contributed by atoms with E-state index in [1.54, 1.807) is 6.07 Å². The van der Waals surface area contributed by atoms with Crippen LogP contribution in [0.3, 0.4) is 0 Å². The third-order valence-electron chi connectivity index (χ3n) is 1.95. The van der Waals surface area contributed by atoms with Crippen molar-refractivity contribution < 1.29 is 15.0 Å². The third kappa shape index (κ3) is 3.12. The average Bonchev–Trinajstić information content (AvgIpc) is 2.15. The van der Waals surface area contributed by atoms with E-state index in [1.165, 1.54) is 0 Å². The molecule has 0 aliphatic heterocycles. The fourth-order valence-corrected chi connectivity index (χ4v) is 1.63. The van der Waals surface area contributed by atoms with E-state index < -0.39 is 5.97 Å². The summed E-state index contributed by atoms with van der Waals surface area (Å²) in [6.07, 6.45) is 0.536. The first kappa shape index (κ1) is 11.2. The van der Waals surface area contributed by atoms with Gasteiger partial charge in [0, 0.05) is 10.9 Å². The van der Waals surface area contributed by atoms with Crippen LogP contribution in [-0.4, -0.2) is 16.2 Å². The van der Waals surface area contributed by atoms with Crippen LogP contribution in [0.4, 0.5) is 0 Å². The van der Waals surface area contributed by atoms with Crippen molar-refractivity contribution in [2.45, 2.75) is 19.4 Å². The lowest BCUT2D eigenvalue weighted by Gasteiger charge is -2.06. The molecule has 0 unspecified atom stereocenters. The molecule has 0 saturated carbocycles. The van der Waals surface area contributed by atoms with E-state index in [-0.39, 0.29) is 13.0 Å². The van der Waals surface area contributed by atoms with Crippen LogP contribution in [0.15, 0.2) is 22.7 Å². The van der Waals surface area contributed by atoms with E-state index in [9.17, 15) is 4.79 Å². The van der Waals surface area contributed by atoms with Crippen LogP contribution in [0, 0.1) is 0 Å². The Bertz CT molecular complexity index is 336. The second kappa shape index (κ2) is 5.12. The molecule has 2 N–H and O–H groups in total. The summed E-state index contributed by atoms with van der Waals surface area (Å²) in [5.74, 6) is -0.825. The minimum Gasteiger partial charge on any atom is -0.481 e. The van der Waals surface area contributed by atoms with Crippen molar-refractivity contribution in [2.24, 2.45) is 0 Å². The van der Waals surface area contributed by atoms with Gasteiger partial charge in [-0.15, -0.1) is 0 Å². The summed E-state index contributed by atoms with van der Waals surface area (Å²) in [4.78, 5) is 10.4. The largest absolute Gasteiger partial charge is 0.481 e. The number of hydrogen-bond acceptors (Lipinski definition) is 2. The van der Waals surface area contributed by atoms with Gasteiger partial charge in [-0.1, -0.05) is 22.0 Å². The van der Waals surface area contributed by atoms with Crippen molar-refractivity contribution >= 4 is 21.9 Å². The van der Waals surface area contributed by atoms with E-state index in [0.717, 1.165) is 15.6 Å². The number of aliphatic carboxylic acids is 1. The lowest BCUT2D eigenvalue weighted by molar-refractivity contribution is -0.136. The maximum atomic E-state index is 10.4. The van der Waals surface area contributed by atoms with Gasteiger partial charge in [0.05, 0.1) is 6.61 Å². The number of halogens is 1. The topological polar surface area (TPSA) is 57.5 Å². The minimum atomic E-state index is -0.825. The number of aliphatic hydroxyl groups is 1. The van der Waals surface area contributed by atoms with Crippen LogP contribution in [0.25, 0.3) is 0 Å². The third-order valence-corrected chi connectivity index (χ3v) is 2.44. The highest BCUT2D eigenvalue weighted by Gasteiger charge is 2.04. The van der Waals surface area contributed by atoms with Gasteiger partial charge in [-0.05, 0) is 29.7 Å². The van der Waals surface area contributed by atoms with Crippen molar-refractivity contribution in [1.82, 2.24) is 0 Å². The van der Waals surface area contributed by atoms with E-state index in [0.29, 0.717) is 6.42 Å². The van der Waals surface area contributed by atoms with Gasteiger partial charge in [-0.25, -0.2) is 0 Å². The molecule has 0 saturated heterocycles. The molecule has 3 nitrogen and oxygen atoms in total. The second-order valence-corrected chi connectivity index (χ2v) is 3.88. The molecule has 0 fully saturated rings. The molecule has 0 aromatic heterocycles. The monoisotopic (exact) mass is 258 g/mol. The van der Waals surface area contributed by atoms with Crippen molar-refractivity contribution in [2.75, 3.05) is 0 Å². The first-order valence-corrected chi connectivity index (χ1v) is 5.02. The Hall–Kier alpha value is -0.870. The zero-order valence-electron chi connectivity index (χ0n) is 7.53. The predicted octanol–water partition coefficient (Wildman–Crippen LogP) is 1.96. The van der Waals surface area contributed by atoms with Gasteiger partial charge < -0.3 is 10.2 Å². The van der Waals surface area contributed by atoms with E-state index in [4.69, 9.17) is 10.2 Å². The van der Waals surface area contributed by atoms with Crippen LogP contribution in [0.1, 0.15) is 17.5 Å². The normalized spacial score (nSPS) is 10.1. The van der Waals surface area contributed by atoms with Crippen LogP contribution in [-0.2, 0) is 17.8 Å². The zero-order valence-corrected chi connectivity index (χ0v) is 9.12. The Balaban J connectivity index is 2.82. The number of carbonyl (C=O) groups is 1. The maximum Gasteiger partial charge on any atom is 0.303 e. The Kier molecular flexibility index (Phi) is 4.10. The number of aliphatic hydroxyl groups excluding tert-OH is 1. The Labute approximate surface area is 90.5 Å². The fraction of sp³-hybridized carbons (Fsp3) is 0.300. The molecule has 0 aliphatic rings. The van der Waals surface area contributed by atoms with Crippen LogP contribution in [0.2, 0.25) is 0 Å². The summed E-state index contributed by atoms with van der Waals surface area (Å²) in [6, 6.07) is 5.46. The smallest absolute Gasteiger partial charge is 0.303 e. The van der Waals surface area contributed by atoms with Crippen LogP contribution in [0.5, 0.6) is 0 Å². The van der Waals surface area contributed by atoms with Gasteiger partial charge in [0.2, 0.25) is 0 Å². The molecular weight excluding hydrogens is 248 g/mol. The molecule has 0 aliphatic carbocycles. The first-order chi connectivity index (χ1) is 6.63. The molecule has 0 radical (unpaired) electrons. The molecule has 0 heterocycles. The van der Waals surface area contributed by atoms with Gasteiger partial charge in [-0.2, -0.15) is 0 Å². The summed E-state index contributed by atoms with van der Waals surface area (Å²) < 4.78 is 0.898. The summed E-state index contributed by atoms with van der Waals surface area (Å²) in [6.45, 7) is -0.0533. The zero-order chi connectivity index (χ0) is 10.6. The molecule has 76 valence electrons. The first-order valence-electron chi connectivity index (χ1n) is 4.23. The second-order valence-electron chi connectivity index (χ2n) is 2.96. The van der Waals surface area contributed by atoms with Crippen molar-refractivity contribution in [3.05, 3.63) is 33.8 Å². The predicted molar refractivity (Wildman–Crippen MR) is 56.0 cm³/mol. The van der Waals surface area contributed by atoms with E-state index >= 15 is 0 Å². The number of rotatable bonds is 4. The van der Waals surface area contributed by atoms with Gasteiger partial charge in [0.25, 0.3) is 0 Å². The van der Waals surface area contributed by atoms with Gasteiger partial charge >= 0.3 is 5.97 Å². The number of hydrogen-bond donors (Lipinski definition) is 2. The number of carboxylic acids is 1. The molecule has 0 amide bonds. The van der Waals surface area contributed by atoms with E-state index in [1.807, 2.05) is 12.1 Å². The molecule has 1 aromatic rings. The summed E-state index contributed by atoms with van der Waals surface area (Å²) in [7, 11) is 0. The molecule has 14 heavy (non-hydrogen) atoms. The highest BCUT2D eigenvalue weighted by atomic mass is 79.9. The minimum absolute atomic E-state index is 0.0533. The quantitative estimate of drug-likeness (QED) is 0.868. The number of aryl methyl sites for hydroxylation is 1. The van der Waals surface area contributed by atoms with Crippen LogP contribution >= 0.6 is 15.9 Å². The van der Waals surface area contributed by atoms with Crippen molar-refractivity contribution in [3.63, 3.8) is 0 Å². The van der Waals surface area contributed by atoms with Crippen LogP contribution < -0.4 is 0 Å². The Morgan fingerprint density at radius 2 is 2.07 bits per heavy atom. The summed E-state index contributed by atoms with van der Waals surface area (Å²) in [5, 5.41) is 17.5. The Morgan fingerprint density at radius 3 is 2.64 bits per heavy atom. The van der Waals surface area contributed by atoms with E-state index in [2.05, 4.69) is 15.9 Å². The molecule has 0 bridgehead atoms. The lowest BCUT2D eigenvalue weighted by atomic mass is 10.0. The molecule has 1 aromatic carbocycles. The van der Waals surface area contributed by atoms with Gasteiger partial charge in [-0.3, -0.25) is 4.79 Å². The molecule has 1 rings (SSSR count). The number of benzene rings is 1. The Morgan fingerprint density at radius 1 is 1.36 bits per heavy atom. The number of carboxylic acid groups (broad SMARTS) is 1. The fourth-order valence-electron chi connectivity index (χ4n) is 1.22. The SMILES string of the molecule is O=C(O)CCc1cc(Br)ccc1CO. The molecular formula is C10H11BrO3. The van der Waals surface area contributed by atoms with Gasteiger partial charge in [0.1, 0.15) is 0 Å². The van der Waals surface area contributed by atoms with Crippen molar-refractivity contribution in [1.29, 1.82) is 0 Å². The molecule has 0 atom stereocenters. The van der Waals surface area contributed by atoms with Gasteiger partial charge in [0.15, 0.2) is 0 Å². The summed E-state index contributed by atoms with van der Waals surface area (Å²) in [5.41, 5.74) is 1.67.